The molecular formula is C14H20N2O. The topological polar surface area (TPSA) is 24.5 Å². The van der Waals surface area contributed by atoms with Crippen molar-refractivity contribution in [2.75, 3.05) is 19.0 Å². The van der Waals surface area contributed by atoms with Crippen LogP contribution in [0.3, 0.4) is 0 Å². The van der Waals surface area contributed by atoms with E-state index < -0.39 is 0 Å². The van der Waals surface area contributed by atoms with Crippen LogP contribution in [0.25, 0.3) is 0 Å². The lowest BCUT2D eigenvalue weighted by molar-refractivity contribution is 0.257. The third-order valence-electron chi connectivity index (χ3n) is 3.75. The van der Waals surface area contributed by atoms with Crippen LogP contribution in [0.2, 0.25) is 0 Å². The maximum Gasteiger partial charge on any atom is 0.142 e. The number of benzene rings is 1. The molecule has 0 aromatic heterocycles. The molecule has 2 aliphatic heterocycles. The summed E-state index contributed by atoms with van der Waals surface area (Å²) in [5.41, 5.74) is 4.02. The molecule has 0 fully saturated rings. The second-order valence-electron chi connectivity index (χ2n) is 5.60. The molecule has 1 atom stereocenters. The van der Waals surface area contributed by atoms with E-state index in [2.05, 4.69) is 43.2 Å². The van der Waals surface area contributed by atoms with E-state index in [0.29, 0.717) is 12.0 Å². The fraction of sp³-hybridized carbons (Fsp3) is 0.571. The minimum Gasteiger partial charge on any atom is -0.489 e. The van der Waals surface area contributed by atoms with Gasteiger partial charge < -0.3 is 10.1 Å². The van der Waals surface area contributed by atoms with Gasteiger partial charge in [-0.15, -0.1) is 0 Å². The summed E-state index contributed by atoms with van der Waals surface area (Å²) < 4.78 is 5.88. The molecule has 0 radical (unpaired) electrons. The number of ether oxygens (including phenoxy) is 1. The van der Waals surface area contributed by atoms with Crippen LogP contribution in [0.15, 0.2) is 12.1 Å². The smallest absolute Gasteiger partial charge is 0.142 e. The minimum absolute atomic E-state index is 0.430. The van der Waals surface area contributed by atoms with Crippen molar-refractivity contribution in [1.82, 2.24) is 4.90 Å². The molecule has 2 heterocycles. The average Bonchev–Trinajstić information content (AvgIpc) is 2.63. The van der Waals surface area contributed by atoms with Gasteiger partial charge in [0.1, 0.15) is 12.4 Å². The first-order valence-electron chi connectivity index (χ1n) is 6.37. The Labute approximate surface area is 103 Å². The van der Waals surface area contributed by atoms with Gasteiger partial charge in [-0.05, 0) is 36.2 Å². The lowest BCUT2D eigenvalue weighted by atomic mass is 10.0. The lowest BCUT2D eigenvalue weighted by Crippen LogP contribution is -2.35. The first-order valence-corrected chi connectivity index (χ1v) is 6.37. The van der Waals surface area contributed by atoms with Crippen molar-refractivity contribution in [3.8, 4) is 5.75 Å². The monoisotopic (exact) mass is 232 g/mol. The Morgan fingerprint density at radius 2 is 2.00 bits per heavy atom. The fourth-order valence-electron chi connectivity index (χ4n) is 2.61. The van der Waals surface area contributed by atoms with E-state index in [1.54, 1.807) is 0 Å². The van der Waals surface area contributed by atoms with Crippen LogP contribution in [-0.2, 0) is 13.1 Å². The summed E-state index contributed by atoms with van der Waals surface area (Å²) in [7, 11) is 2.16. The second kappa shape index (κ2) is 3.91. The van der Waals surface area contributed by atoms with Gasteiger partial charge >= 0.3 is 0 Å². The van der Waals surface area contributed by atoms with Crippen molar-refractivity contribution in [2.45, 2.75) is 33.0 Å². The molecule has 0 spiro atoms. The highest BCUT2D eigenvalue weighted by Crippen LogP contribution is 2.36. The summed E-state index contributed by atoms with van der Waals surface area (Å²) in [4.78, 5) is 2.33. The van der Waals surface area contributed by atoms with Gasteiger partial charge in [0.2, 0.25) is 0 Å². The van der Waals surface area contributed by atoms with Crippen molar-refractivity contribution >= 4 is 5.69 Å². The third-order valence-corrected chi connectivity index (χ3v) is 3.75. The quantitative estimate of drug-likeness (QED) is 0.805. The zero-order chi connectivity index (χ0) is 12.0. The second-order valence-corrected chi connectivity index (χ2v) is 5.60. The highest BCUT2D eigenvalue weighted by molar-refractivity contribution is 5.62. The normalized spacial score (nSPS) is 22.9. The largest absolute Gasteiger partial charge is 0.489 e. The Kier molecular flexibility index (Phi) is 2.51. The van der Waals surface area contributed by atoms with Crippen molar-refractivity contribution in [3.05, 3.63) is 23.3 Å². The van der Waals surface area contributed by atoms with E-state index in [0.717, 1.165) is 25.4 Å². The highest BCUT2D eigenvalue weighted by Gasteiger charge is 2.25. The van der Waals surface area contributed by atoms with Gasteiger partial charge in [0.25, 0.3) is 0 Å². The van der Waals surface area contributed by atoms with Gasteiger partial charge in [0, 0.05) is 13.1 Å². The molecule has 92 valence electrons. The maximum atomic E-state index is 5.88. The van der Waals surface area contributed by atoms with Gasteiger partial charge in [-0.2, -0.15) is 0 Å². The Morgan fingerprint density at radius 1 is 1.29 bits per heavy atom. The van der Waals surface area contributed by atoms with E-state index in [1.807, 2.05) is 0 Å². The fourth-order valence-corrected chi connectivity index (χ4v) is 2.61. The molecule has 0 aliphatic carbocycles. The molecule has 0 bridgehead atoms. The third kappa shape index (κ3) is 1.89. The number of nitrogens with one attached hydrogen (secondary N) is 1. The van der Waals surface area contributed by atoms with Crippen molar-refractivity contribution < 1.29 is 4.74 Å². The van der Waals surface area contributed by atoms with Crippen LogP contribution in [0.1, 0.15) is 25.0 Å². The number of nitrogens with zero attached hydrogens (tertiary/aromatic N) is 1. The molecule has 1 unspecified atom stereocenters. The average molecular weight is 232 g/mol. The van der Waals surface area contributed by atoms with Crippen molar-refractivity contribution in [3.63, 3.8) is 0 Å². The molecule has 17 heavy (non-hydrogen) atoms. The molecule has 2 aliphatic rings. The van der Waals surface area contributed by atoms with E-state index in [1.165, 1.54) is 16.8 Å². The molecule has 3 rings (SSSR count). The SMILES string of the molecule is CC(C)C1COc2cc3c(cc2N1)CN(C)C3. The number of fused-ring (bicyclic) bond motifs is 2. The Balaban J connectivity index is 1.91. The zero-order valence-electron chi connectivity index (χ0n) is 10.8. The number of hydrogen-bond acceptors (Lipinski definition) is 3. The maximum absolute atomic E-state index is 5.88. The van der Waals surface area contributed by atoms with Crippen LogP contribution in [-0.4, -0.2) is 24.6 Å². The van der Waals surface area contributed by atoms with E-state index >= 15 is 0 Å². The predicted octanol–water partition coefficient (Wildman–Crippen LogP) is 2.46. The summed E-state index contributed by atoms with van der Waals surface area (Å²) >= 11 is 0. The van der Waals surface area contributed by atoms with Crippen molar-refractivity contribution in [1.29, 1.82) is 0 Å². The van der Waals surface area contributed by atoms with Crippen LogP contribution in [0, 0.1) is 5.92 Å². The minimum atomic E-state index is 0.430. The van der Waals surface area contributed by atoms with Crippen LogP contribution < -0.4 is 10.1 Å². The van der Waals surface area contributed by atoms with Gasteiger partial charge in [-0.1, -0.05) is 13.8 Å². The van der Waals surface area contributed by atoms with Crippen molar-refractivity contribution in [2.24, 2.45) is 5.92 Å². The molecule has 0 saturated heterocycles. The summed E-state index contributed by atoms with van der Waals surface area (Å²) in [6, 6.07) is 4.90. The number of rotatable bonds is 1. The predicted molar refractivity (Wildman–Crippen MR) is 69.4 cm³/mol. The molecule has 1 N–H and O–H groups in total. The summed E-state index contributed by atoms with van der Waals surface area (Å²) in [5, 5.41) is 3.60. The Hall–Kier alpha value is -1.22. The first-order chi connectivity index (χ1) is 8.13. The molecule has 3 nitrogen and oxygen atoms in total. The molecule has 0 amide bonds. The highest BCUT2D eigenvalue weighted by atomic mass is 16.5. The number of anilines is 1. The number of hydrogen-bond donors (Lipinski definition) is 1. The molecule has 1 aromatic carbocycles. The van der Waals surface area contributed by atoms with E-state index in [4.69, 9.17) is 4.74 Å². The van der Waals surface area contributed by atoms with Crippen LogP contribution >= 0.6 is 0 Å². The molecular weight excluding hydrogens is 212 g/mol. The molecule has 3 heteroatoms. The summed E-state index contributed by atoms with van der Waals surface area (Å²) in [5.74, 6) is 1.62. The van der Waals surface area contributed by atoms with Gasteiger partial charge in [-0.3, -0.25) is 4.90 Å². The lowest BCUT2D eigenvalue weighted by Gasteiger charge is -2.30. The standard InChI is InChI=1S/C14H20N2O/c1-9(2)13-8-17-14-5-11-7-16(3)6-10(11)4-12(14)15-13/h4-5,9,13,15H,6-8H2,1-3H3. The van der Waals surface area contributed by atoms with Gasteiger partial charge in [-0.25, -0.2) is 0 Å². The van der Waals surface area contributed by atoms with Gasteiger partial charge in [0.15, 0.2) is 0 Å². The molecule has 0 saturated carbocycles. The van der Waals surface area contributed by atoms with E-state index in [-0.39, 0.29) is 0 Å². The first kappa shape index (κ1) is 10.9. The zero-order valence-corrected chi connectivity index (χ0v) is 10.8. The Morgan fingerprint density at radius 3 is 2.71 bits per heavy atom. The Bertz CT molecular complexity index is 442. The van der Waals surface area contributed by atoms with Gasteiger partial charge in [0.05, 0.1) is 11.7 Å². The van der Waals surface area contributed by atoms with Crippen LogP contribution in [0.5, 0.6) is 5.75 Å². The molecule has 1 aromatic rings. The van der Waals surface area contributed by atoms with E-state index in [9.17, 15) is 0 Å². The summed E-state index contributed by atoms with van der Waals surface area (Å²) in [6.07, 6.45) is 0. The summed E-state index contributed by atoms with van der Waals surface area (Å²) in [6.45, 7) is 7.33. The van der Waals surface area contributed by atoms with Crippen LogP contribution in [0.4, 0.5) is 5.69 Å².